The summed E-state index contributed by atoms with van der Waals surface area (Å²) in [6.07, 6.45) is 12.2. The zero-order chi connectivity index (χ0) is 23.4. The number of hydrogen-bond acceptors (Lipinski definition) is 6. The number of carbonyl (C=O) groups is 2. The molecule has 2 aromatic rings. The average Bonchev–Trinajstić information content (AvgIpc) is 3.63. The van der Waals surface area contributed by atoms with Crippen molar-refractivity contribution in [3.63, 3.8) is 0 Å². The number of carbonyl (C=O) groups excluding carboxylic acids is 2. The number of methoxy groups -OCH3 is 2. The first kappa shape index (κ1) is 24.7. The van der Waals surface area contributed by atoms with Gasteiger partial charge in [0.1, 0.15) is 0 Å². The third kappa shape index (κ3) is 5.01. The van der Waals surface area contributed by atoms with Gasteiger partial charge in [0.25, 0.3) is 0 Å². The van der Waals surface area contributed by atoms with Crippen molar-refractivity contribution in [2.24, 2.45) is 9.98 Å². The van der Waals surface area contributed by atoms with E-state index in [1.807, 2.05) is 19.1 Å². The van der Waals surface area contributed by atoms with E-state index >= 15 is 0 Å². The molecule has 0 fully saturated rings. The van der Waals surface area contributed by atoms with Crippen molar-refractivity contribution >= 4 is 47.2 Å². The molecule has 0 N–H and O–H groups in total. The summed E-state index contributed by atoms with van der Waals surface area (Å²) in [6.45, 7) is 1.87. The van der Waals surface area contributed by atoms with Gasteiger partial charge < -0.3 is 19.4 Å². The van der Waals surface area contributed by atoms with Gasteiger partial charge in [-0.25, -0.2) is 14.6 Å². The molecule has 0 atom stereocenters. The van der Waals surface area contributed by atoms with Gasteiger partial charge in [-0.05, 0) is 31.2 Å². The molecular weight excluding hydrogens is 475 g/mol. The Balaban J connectivity index is 0.00000324. The molecule has 0 aromatic carbocycles. The topological polar surface area (TPSA) is 106 Å². The number of nitrogens with zero attached hydrogens (tertiary/aromatic N) is 4. The number of rotatable bonds is 5. The number of esters is 2. The van der Waals surface area contributed by atoms with Crippen LogP contribution in [0.2, 0.25) is 0 Å². The van der Waals surface area contributed by atoms with Crippen molar-refractivity contribution in [2.45, 2.75) is 6.92 Å². The molecular formula is C25H20MnN4O4+. The Labute approximate surface area is 206 Å². The van der Waals surface area contributed by atoms with Crippen LogP contribution < -0.4 is 20.7 Å². The smallest absolute Gasteiger partial charge is 0.657 e. The van der Waals surface area contributed by atoms with Crippen LogP contribution in [-0.2, 0) is 36.1 Å². The van der Waals surface area contributed by atoms with Gasteiger partial charge in [0.05, 0.1) is 42.5 Å². The second kappa shape index (κ2) is 10.8. The Morgan fingerprint density at radius 3 is 2.35 bits per heavy atom. The molecule has 2 aromatic heterocycles. The van der Waals surface area contributed by atoms with Crippen LogP contribution in [0.4, 0.5) is 0 Å². The maximum Gasteiger partial charge on any atom is 3.00 e. The second-order valence-electron chi connectivity index (χ2n) is 6.95. The third-order valence-electron chi connectivity index (χ3n) is 4.93. The summed E-state index contributed by atoms with van der Waals surface area (Å²) in [6, 6.07) is 7.06. The molecule has 0 unspecified atom stereocenters. The maximum atomic E-state index is 12.4. The van der Waals surface area contributed by atoms with E-state index in [4.69, 9.17) is 9.47 Å². The van der Waals surface area contributed by atoms with E-state index in [1.54, 1.807) is 54.8 Å². The normalized spacial score (nSPS) is 18.1. The molecule has 2 aliphatic heterocycles. The van der Waals surface area contributed by atoms with Crippen molar-refractivity contribution in [1.29, 1.82) is 0 Å². The summed E-state index contributed by atoms with van der Waals surface area (Å²) in [4.78, 5) is 42.4. The molecule has 34 heavy (non-hydrogen) atoms. The minimum Gasteiger partial charge on any atom is -0.657 e. The van der Waals surface area contributed by atoms with Gasteiger partial charge in [0, 0.05) is 6.21 Å². The molecule has 170 valence electrons. The fourth-order valence-corrected chi connectivity index (χ4v) is 3.36. The number of ether oxygens (including phenoxy) is 2. The number of aliphatic imine (C=N–C) groups is 2. The predicted octanol–water partition coefficient (Wildman–Crippen LogP) is 1.30. The van der Waals surface area contributed by atoms with Crippen LogP contribution in [0.1, 0.15) is 18.3 Å². The van der Waals surface area contributed by atoms with Crippen LogP contribution in [0.3, 0.4) is 0 Å². The molecule has 4 heterocycles. The summed E-state index contributed by atoms with van der Waals surface area (Å²) in [7, 11) is 2.63. The molecule has 4 rings (SSSR count). The molecule has 0 amide bonds. The first-order chi connectivity index (χ1) is 16.0. The van der Waals surface area contributed by atoms with Gasteiger partial charge >= 0.3 is 29.0 Å². The van der Waals surface area contributed by atoms with Crippen molar-refractivity contribution in [3.05, 3.63) is 82.0 Å². The molecule has 9 heteroatoms. The Bertz CT molecular complexity index is 1420. The Kier molecular flexibility index (Phi) is 7.83. The minimum absolute atomic E-state index is 0. The van der Waals surface area contributed by atoms with Gasteiger partial charge in [-0.3, -0.25) is 4.99 Å². The maximum absolute atomic E-state index is 12.4. The van der Waals surface area contributed by atoms with Crippen molar-refractivity contribution < 1.29 is 36.1 Å². The minimum atomic E-state index is -0.520. The summed E-state index contributed by atoms with van der Waals surface area (Å²) in [5.74, 6) is -1.04. The molecule has 0 bridgehead atoms. The van der Waals surface area contributed by atoms with Crippen molar-refractivity contribution in [2.75, 3.05) is 14.2 Å². The zero-order valence-electron chi connectivity index (χ0n) is 18.7. The molecule has 0 aliphatic carbocycles. The third-order valence-corrected chi connectivity index (χ3v) is 4.93. The number of hydrogen-bond donors (Lipinski definition) is 0. The first-order valence-electron chi connectivity index (χ1n) is 10.1. The second-order valence-corrected chi connectivity index (χ2v) is 6.95. The van der Waals surface area contributed by atoms with E-state index in [2.05, 4.69) is 20.0 Å². The zero-order valence-corrected chi connectivity index (χ0v) is 19.8. The van der Waals surface area contributed by atoms with E-state index in [0.717, 1.165) is 5.35 Å². The molecule has 0 radical (unpaired) electrons. The quantitative estimate of drug-likeness (QED) is 0.352. The van der Waals surface area contributed by atoms with E-state index in [9.17, 15) is 9.59 Å². The molecule has 0 saturated heterocycles. The molecule has 0 saturated carbocycles. The van der Waals surface area contributed by atoms with Gasteiger partial charge in [0.15, 0.2) is 0 Å². The van der Waals surface area contributed by atoms with E-state index in [0.29, 0.717) is 33.8 Å². The predicted molar refractivity (Wildman–Crippen MR) is 125 cm³/mol. The van der Waals surface area contributed by atoms with Gasteiger partial charge in [0.2, 0.25) is 0 Å². The fraction of sp³-hybridized carbons (Fsp3) is 0.120. The summed E-state index contributed by atoms with van der Waals surface area (Å²) in [5.41, 5.74) is 3.14. The Hall–Kier alpha value is -3.94. The van der Waals surface area contributed by atoms with Crippen LogP contribution in [0.5, 0.6) is 0 Å². The van der Waals surface area contributed by atoms with E-state index in [1.165, 1.54) is 14.2 Å². The first-order valence-corrected chi connectivity index (χ1v) is 10.1. The SMILES string of the molecule is C/C=c1/cc/c(=C(\C(=O)OC)C2=N/C(=C\c3ccc(/C(C(=O)OC)=C4/C=CC=N4)[n-]3)C=C2)[n-]1.[Mn+3]. The fourth-order valence-electron chi connectivity index (χ4n) is 3.36. The number of allylic oxidation sites excluding steroid dienone is 4. The van der Waals surface area contributed by atoms with Crippen molar-refractivity contribution in [1.82, 2.24) is 9.97 Å². The molecule has 2 aliphatic rings. The summed E-state index contributed by atoms with van der Waals surface area (Å²) >= 11 is 0. The molecule has 8 nitrogen and oxygen atoms in total. The standard InChI is InChI=1S/C25H21N4O4.Mn/c1-4-15-7-10-20(27-15)23(25(31)33-3)21-12-9-17(29-21)14-16-8-11-19(28-16)22(24(30)32-2)18-6-5-13-26-18;/h4-14H,1-3H3,(H-,26,27,28,29,30,31);/q-1;+3/p-1/b15-4-;. The van der Waals surface area contributed by atoms with Gasteiger partial charge in [-0.2, -0.15) is 0 Å². The van der Waals surface area contributed by atoms with Crippen LogP contribution >= 0.6 is 0 Å². The monoisotopic (exact) mass is 495 g/mol. The molecule has 0 spiro atoms. The average molecular weight is 495 g/mol. The van der Waals surface area contributed by atoms with Crippen LogP contribution in [-0.4, -0.2) is 38.1 Å². The van der Waals surface area contributed by atoms with E-state index in [-0.39, 0.29) is 28.2 Å². The Morgan fingerprint density at radius 1 is 0.941 bits per heavy atom. The van der Waals surface area contributed by atoms with Crippen LogP contribution in [0.25, 0.3) is 23.3 Å². The summed E-state index contributed by atoms with van der Waals surface area (Å²) < 4.78 is 9.85. The number of aromatic nitrogens is 2. The van der Waals surface area contributed by atoms with Gasteiger partial charge in [-0.15, -0.1) is 28.2 Å². The van der Waals surface area contributed by atoms with Crippen LogP contribution in [0, 0.1) is 0 Å². The van der Waals surface area contributed by atoms with Crippen molar-refractivity contribution in [3.8, 4) is 0 Å². The van der Waals surface area contributed by atoms with Gasteiger partial charge in [-0.1, -0.05) is 30.3 Å². The largest absolute Gasteiger partial charge is 3.00 e. The van der Waals surface area contributed by atoms with E-state index < -0.39 is 11.9 Å². The summed E-state index contributed by atoms with van der Waals surface area (Å²) in [5, 5.41) is 1.25. The van der Waals surface area contributed by atoms with Crippen LogP contribution in [0.15, 0.2) is 69.9 Å². The Morgan fingerprint density at radius 2 is 1.71 bits per heavy atom.